The van der Waals surface area contributed by atoms with Crippen LogP contribution >= 0.6 is 0 Å². The first kappa shape index (κ1) is 13.0. The Morgan fingerprint density at radius 3 is 2.50 bits per heavy atom. The van der Waals surface area contributed by atoms with Gasteiger partial charge in [-0.1, -0.05) is 32.0 Å². The number of hydrogen-bond donors (Lipinski definition) is 1. The number of ether oxygens (including phenoxy) is 1. The van der Waals surface area contributed by atoms with E-state index in [4.69, 9.17) is 4.74 Å². The molecule has 1 atom stereocenters. The third-order valence-electron chi connectivity index (χ3n) is 2.80. The van der Waals surface area contributed by atoms with E-state index in [1.807, 2.05) is 19.9 Å². The van der Waals surface area contributed by atoms with Gasteiger partial charge in [-0.2, -0.15) is 0 Å². The van der Waals surface area contributed by atoms with Crippen molar-refractivity contribution < 1.29 is 14.2 Å². The Morgan fingerprint density at radius 1 is 1.44 bits per heavy atom. The van der Waals surface area contributed by atoms with Crippen molar-refractivity contribution in [3.8, 4) is 5.75 Å². The third kappa shape index (κ3) is 2.35. The number of halogens is 1. The Morgan fingerprint density at radius 2 is 2.06 bits per heavy atom. The van der Waals surface area contributed by atoms with E-state index in [1.54, 1.807) is 12.1 Å². The highest BCUT2D eigenvalue weighted by Crippen LogP contribution is 2.37. The van der Waals surface area contributed by atoms with E-state index in [-0.39, 0.29) is 6.61 Å². The average molecular weight is 226 g/mol. The van der Waals surface area contributed by atoms with Crippen molar-refractivity contribution in [3.05, 3.63) is 29.3 Å². The molecule has 0 aliphatic carbocycles. The standard InChI is InChI=1S/C13H19FO2/c1-9(14)10-6-5-7-11(12(10)16-4)13(2,3)8-15/h5-7,9,15H,8H2,1-4H3. The summed E-state index contributed by atoms with van der Waals surface area (Å²) in [7, 11) is 1.53. The normalized spacial score (nSPS) is 13.6. The molecule has 0 saturated carbocycles. The molecule has 16 heavy (non-hydrogen) atoms. The van der Waals surface area contributed by atoms with E-state index in [1.165, 1.54) is 14.0 Å². The minimum Gasteiger partial charge on any atom is -0.496 e. The highest BCUT2D eigenvalue weighted by molar-refractivity contribution is 5.46. The van der Waals surface area contributed by atoms with Gasteiger partial charge in [0.15, 0.2) is 0 Å². The number of para-hydroxylation sites is 1. The lowest BCUT2D eigenvalue weighted by Crippen LogP contribution is -2.23. The van der Waals surface area contributed by atoms with Gasteiger partial charge in [0.2, 0.25) is 0 Å². The number of benzene rings is 1. The summed E-state index contributed by atoms with van der Waals surface area (Å²) in [4.78, 5) is 0. The van der Waals surface area contributed by atoms with Crippen LogP contribution in [0.3, 0.4) is 0 Å². The molecule has 3 heteroatoms. The second-order valence-corrected chi connectivity index (χ2v) is 4.59. The molecule has 0 heterocycles. The van der Waals surface area contributed by atoms with Crippen molar-refractivity contribution in [1.29, 1.82) is 0 Å². The first-order valence-electron chi connectivity index (χ1n) is 5.36. The molecule has 0 aliphatic rings. The Kier molecular flexibility index (Phi) is 3.92. The Hall–Kier alpha value is -1.09. The van der Waals surface area contributed by atoms with Crippen molar-refractivity contribution in [2.24, 2.45) is 0 Å². The number of aliphatic hydroxyl groups is 1. The van der Waals surface area contributed by atoms with Gasteiger partial charge in [0.05, 0.1) is 13.7 Å². The van der Waals surface area contributed by atoms with Crippen molar-refractivity contribution in [2.45, 2.75) is 32.4 Å². The second-order valence-electron chi connectivity index (χ2n) is 4.59. The molecule has 0 radical (unpaired) electrons. The van der Waals surface area contributed by atoms with Gasteiger partial charge in [-0.3, -0.25) is 0 Å². The van der Waals surface area contributed by atoms with E-state index in [9.17, 15) is 9.50 Å². The maximum atomic E-state index is 13.4. The Labute approximate surface area is 96.1 Å². The first-order valence-corrected chi connectivity index (χ1v) is 5.36. The van der Waals surface area contributed by atoms with Crippen molar-refractivity contribution in [1.82, 2.24) is 0 Å². The molecule has 0 spiro atoms. The average Bonchev–Trinajstić information content (AvgIpc) is 2.27. The summed E-state index contributed by atoms with van der Waals surface area (Å²) in [6, 6.07) is 5.36. The van der Waals surface area contributed by atoms with E-state index in [2.05, 4.69) is 0 Å². The first-order chi connectivity index (χ1) is 7.44. The van der Waals surface area contributed by atoms with E-state index >= 15 is 0 Å². The Bertz CT molecular complexity index is 359. The monoisotopic (exact) mass is 226 g/mol. The fraction of sp³-hybridized carbons (Fsp3) is 0.538. The lowest BCUT2D eigenvalue weighted by molar-refractivity contribution is 0.214. The zero-order valence-corrected chi connectivity index (χ0v) is 10.2. The lowest BCUT2D eigenvalue weighted by atomic mass is 9.83. The predicted molar refractivity (Wildman–Crippen MR) is 62.6 cm³/mol. The van der Waals surface area contributed by atoms with E-state index < -0.39 is 11.6 Å². The van der Waals surface area contributed by atoms with E-state index in [0.717, 1.165) is 5.56 Å². The van der Waals surface area contributed by atoms with Crippen LogP contribution < -0.4 is 4.74 Å². The van der Waals surface area contributed by atoms with Crippen LogP contribution in [-0.4, -0.2) is 18.8 Å². The van der Waals surface area contributed by atoms with Gasteiger partial charge in [0.25, 0.3) is 0 Å². The van der Waals surface area contributed by atoms with Crippen molar-refractivity contribution in [2.75, 3.05) is 13.7 Å². The molecule has 0 saturated heterocycles. The van der Waals surface area contributed by atoms with Gasteiger partial charge in [-0.15, -0.1) is 0 Å². The summed E-state index contributed by atoms with van der Waals surface area (Å²) >= 11 is 0. The summed E-state index contributed by atoms with van der Waals surface area (Å²) in [6.07, 6.45) is -1.08. The molecule has 0 amide bonds. The van der Waals surface area contributed by atoms with Crippen LogP contribution in [0.5, 0.6) is 5.75 Å². The SMILES string of the molecule is COc1c(C(C)F)cccc1C(C)(C)CO. The zero-order valence-electron chi connectivity index (χ0n) is 10.2. The number of methoxy groups -OCH3 is 1. The van der Waals surface area contributed by atoms with Gasteiger partial charge < -0.3 is 9.84 Å². The maximum absolute atomic E-state index is 13.4. The zero-order chi connectivity index (χ0) is 12.3. The number of hydrogen-bond acceptors (Lipinski definition) is 2. The molecule has 1 N–H and O–H groups in total. The van der Waals surface area contributed by atoms with Crippen LogP contribution in [0.2, 0.25) is 0 Å². The topological polar surface area (TPSA) is 29.5 Å². The summed E-state index contributed by atoms with van der Waals surface area (Å²) in [5.74, 6) is 0.538. The molecule has 0 aromatic heterocycles. The quantitative estimate of drug-likeness (QED) is 0.855. The van der Waals surface area contributed by atoms with Crippen LogP contribution in [0.15, 0.2) is 18.2 Å². The van der Waals surface area contributed by atoms with Gasteiger partial charge in [-0.25, -0.2) is 4.39 Å². The third-order valence-corrected chi connectivity index (χ3v) is 2.80. The highest BCUT2D eigenvalue weighted by atomic mass is 19.1. The molecule has 1 aromatic carbocycles. The van der Waals surface area contributed by atoms with Crippen LogP contribution in [0.1, 0.15) is 38.1 Å². The predicted octanol–water partition coefficient (Wildman–Crippen LogP) is 3.00. The number of aliphatic hydroxyl groups excluding tert-OH is 1. The minimum absolute atomic E-state index is 0.00647. The van der Waals surface area contributed by atoms with Gasteiger partial charge in [-0.05, 0) is 6.92 Å². The smallest absolute Gasteiger partial charge is 0.128 e. The minimum atomic E-state index is -1.08. The lowest BCUT2D eigenvalue weighted by Gasteiger charge is -2.26. The highest BCUT2D eigenvalue weighted by Gasteiger charge is 2.26. The van der Waals surface area contributed by atoms with Crippen LogP contribution in [0.4, 0.5) is 4.39 Å². The fourth-order valence-corrected chi connectivity index (χ4v) is 1.71. The number of rotatable bonds is 4. The molecule has 1 rings (SSSR count). The van der Waals surface area contributed by atoms with Crippen LogP contribution in [-0.2, 0) is 5.41 Å². The van der Waals surface area contributed by atoms with Gasteiger partial charge in [0, 0.05) is 16.5 Å². The molecule has 1 aromatic rings. The molecule has 0 bridgehead atoms. The maximum Gasteiger partial charge on any atom is 0.128 e. The largest absolute Gasteiger partial charge is 0.496 e. The Balaban J connectivity index is 3.35. The van der Waals surface area contributed by atoms with Gasteiger partial charge in [0.1, 0.15) is 11.9 Å². The van der Waals surface area contributed by atoms with Gasteiger partial charge >= 0.3 is 0 Å². The second kappa shape index (κ2) is 4.83. The summed E-state index contributed by atoms with van der Waals surface area (Å²) in [5.41, 5.74) is 0.928. The van der Waals surface area contributed by atoms with Crippen molar-refractivity contribution >= 4 is 0 Å². The fourth-order valence-electron chi connectivity index (χ4n) is 1.71. The summed E-state index contributed by atoms with van der Waals surface area (Å²) < 4.78 is 18.7. The molecule has 0 fully saturated rings. The van der Waals surface area contributed by atoms with Crippen LogP contribution in [0, 0.1) is 0 Å². The molecular weight excluding hydrogens is 207 g/mol. The number of alkyl halides is 1. The van der Waals surface area contributed by atoms with Crippen molar-refractivity contribution in [3.63, 3.8) is 0 Å². The summed E-state index contributed by atoms with van der Waals surface area (Å²) in [6.45, 7) is 5.27. The summed E-state index contributed by atoms with van der Waals surface area (Å²) in [5, 5.41) is 9.35. The molecule has 2 nitrogen and oxygen atoms in total. The van der Waals surface area contributed by atoms with Crippen LogP contribution in [0.25, 0.3) is 0 Å². The molecule has 90 valence electrons. The molecule has 1 unspecified atom stereocenters. The van der Waals surface area contributed by atoms with E-state index in [0.29, 0.717) is 11.3 Å². The molecular formula is C13H19FO2. The molecule has 0 aliphatic heterocycles.